The third-order valence-electron chi connectivity index (χ3n) is 4.18. The van der Waals surface area contributed by atoms with Crippen molar-refractivity contribution in [3.05, 3.63) is 87.6 Å². The zero-order chi connectivity index (χ0) is 21.1. The minimum atomic E-state index is -0.534. The van der Waals surface area contributed by atoms with E-state index in [4.69, 9.17) is 16.0 Å². The van der Waals surface area contributed by atoms with E-state index in [1.54, 1.807) is 34.9 Å². The topological polar surface area (TPSA) is 136 Å². The van der Waals surface area contributed by atoms with Gasteiger partial charge in [-0.15, -0.1) is 27.2 Å². The van der Waals surface area contributed by atoms with E-state index in [9.17, 15) is 14.9 Å². The number of furan rings is 1. The molecule has 0 bridgehead atoms. The van der Waals surface area contributed by atoms with E-state index in [1.165, 1.54) is 24.5 Å². The largest absolute Gasteiger partial charge is 0.461 e. The van der Waals surface area contributed by atoms with E-state index in [2.05, 4.69) is 10.2 Å². The number of halogens is 2. The number of nitro groups is 1. The maximum atomic E-state index is 12.6. The Kier molecular flexibility index (Phi) is 8.72. The molecule has 0 spiro atoms. The van der Waals surface area contributed by atoms with E-state index >= 15 is 0 Å². The van der Waals surface area contributed by atoms with Crippen molar-refractivity contribution in [3.8, 4) is 17.3 Å². The number of non-ortho nitro benzene ring substituents is 1. The highest BCUT2D eigenvalue weighted by atomic mass is 79.9. The van der Waals surface area contributed by atoms with Crippen molar-refractivity contribution < 1.29 is 19.6 Å². The molecule has 0 aliphatic carbocycles. The Hall–Kier alpha value is -2.99. The first-order chi connectivity index (χ1) is 14.5. The quantitative estimate of drug-likeness (QED) is 0.142. The van der Waals surface area contributed by atoms with Crippen molar-refractivity contribution >= 4 is 51.8 Å². The molecule has 0 fully saturated rings. The predicted octanol–water partition coefficient (Wildman–Crippen LogP) is 4.82. The number of ketones is 1. The van der Waals surface area contributed by atoms with Gasteiger partial charge in [-0.2, -0.15) is 0 Å². The van der Waals surface area contributed by atoms with Gasteiger partial charge in [-0.25, -0.2) is 0 Å². The molecule has 4 aromatic rings. The first-order valence-corrected chi connectivity index (χ1v) is 10.1. The molecule has 2 heterocycles. The molecule has 0 radical (unpaired) electrons. The summed E-state index contributed by atoms with van der Waals surface area (Å²) in [6.07, 6.45) is 1.53. The van der Waals surface area contributed by atoms with Gasteiger partial charge in [-0.1, -0.05) is 47.6 Å². The molecule has 0 saturated carbocycles. The first kappa shape index (κ1) is 25.3. The van der Waals surface area contributed by atoms with Crippen LogP contribution in [0.4, 0.5) is 5.69 Å². The minimum absolute atomic E-state index is 0. The average Bonchev–Trinajstić information content (AvgIpc) is 3.42. The molecule has 32 heavy (non-hydrogen) atoms. The van der Waals surface area contributed by atoms with Gasteiger partial charge in [-0.3, -0.25) is 19.5 Å². The minimum Gasteiger partial charge on any atom is -0.461 e. The van der Waals surface area contributed by atoms with Crippen LogP contribution in [-0.2, 0) is 0 Å². The summed E-state index contributed by atoms with van der Waals surface area (Å²) in [6, 6.07) is 16.3. The van der Waals surface area contributed by atoms with Crippen molar-refractivity contribution in [1.29, 1.82) is 0 Å². The van der Waals surface area contributed by atoms with Crippen molar-refractivity contribution in [3.63, 3.8) is 0 Å². The van der Waals surface area contributed by atoms with Crippen molar-refractivity contribution in [2.45, 2.75) is 5.16 Å². The Bertz CT molecular complexity index is 1230. The smallest absolute Gasteiger partial charge is 0.270 e. The molecular formula is C20H16BrClN4O5S. The Morgan fingerprint density at radius 1 is 1.12 bits per heavy atom. The van der Waals surface area contributed by atoms with Gasteiger partial charge in [0.05, 0.1) is 27.6 Å². The summed E-state index contributed by atoms with van der Waals surface area (Å²) in [6.45, 7) is 0. The molecular weight excluding hydrogens is 524 g/mol. The summed E-state index contributed by atoms with van der Waals surface area (Å²) in [5.41, 5.74) is 0.762. The Morgan fingerprint density at radius 2 is 1.91 bits per heavy atom. The summed E-state index contributed by atoms with van der Waals surface area (Å²) in [5, 5.41) is 20.3. The number of benzene rings is 2. The summed E-state index contributed by atoms with van der Waals surface area (Å²) >= 11 is 7.54. The van der Waals surface area contributed by atoms with Crippen LogP contribution >= 0.6 is 40.3 Å². The Labute approximate surface area is 201 Å². The summed E-state index contributed by atoms with van der Waals surface area (Å²) in [4.78, 5) is 23.0. The molecule has 0 aliphatic heterocycles. The average molecular weight is 540 g/mol. The van der Waals surface area contributed by atoms with Gasteiger partial charge in [0.15, 0.2) is 16.7 Å². The van der Waals surface area contributed by atoms with Gasteiger partial charge in [0.2, 0.25) is 5.82 Å². The van der Waals surface area contributed by atoms with E-state index in [0.717, 1.165) is 11.8 Å². The highest BCUT2D eigenvalue weighted by molar-refractivity contribution is 8.93. The standard InChI is InChI=1S/C20H13ClN4O4S.BrH.H2O/c21-15-7-1-2-8-16(15)24-19(18-9-4-10-29-18)22-23-20(24)30-12-17(26)13-5-3-6-14(11-13)25(27)28;;/h1-11H,12H2;1H;1H2. The zero-order valence-corrected chi connectivity index (χ0v) is 19.5. The fourth-order valence-corrected chi connectivity index (χ4v) is 3.84. The van der Waals surface area contributed by atoms with Crippen molar-refractivity contribution in [2.75, 3.05) is 5.75 Å². The molecule has 0 atom stereocenters. The molecule has 0 saturated heterocycles. The monoisotopic (exact) mass is 538 g/mol. The van der Waals surface area contributed by atoms with E-state index < -0.39 is 4.92 Å². The molecule has 2 aromatic heterocycles. The molecule has 2 aromatic carbocycles. The number of rotatable bonds is 7. The van der Waals surface area contributed by atoms with Crippen LogP contribution in [0.5, 0.6) is 0 Å². The number of carbonyl (C=O) groups is 1. The van der Waals surface area contributed by atoms with Gasteiger partial charge in [0.25, 0.3) is 5.69 Å². The molecule has 9 nitrogen and oxygen atoms in total. The maximum absolute atomic E-state index is 12.6. The number of para-hydroxylation sites is 1. The highest BCUT2D eigenvalue weighted by Crippen LogP contribution is 2.31. The summed E-state index contributed by atoms with van der Waals surface area (Å²) in [7, 11) is 0. The number of hydrogen-bond donors (Lipinski definition) is 0. The van der Waals surface area contributed by atoms with Crippen LogP contribution < -0.4 is 0 Å². The fraction of sp³-hybridized carbons (Fsp3) is 0.0500. The number of hydrogen-bond acceptors (Lipinski definition) is 7. The summed E-state index contributed by atoms with van der Waals surface area (Å²) < 4.78 is 7.17. The van der Waals surface area contributed by atoms with Crippen molar-refractivity contribution in [1.82, 2.24) is 14.8 Å². The lowest BCUT2D eigenvalue weighted by molar-refractivity contribution is -0.384. The van der Waals surface area contributed by atoms with Crippen LogP contribution in [0.3, 0.4) is 0 Å². The fourth-order valence-electron chi connectivity index (χ4n) is 2.79. The zero-order valence-electron chi connectivity index (χ0n) is 16.2. The molecule has 0 amide bonds. The molecule has 166 valence electrons. The van der Waals surface area contributed by atoms with Crippen LogP contribution in [0, 0.1) is 10.1 Å². The SMILES string of the molecule is Br.O.O=C(CSc1nnc(-c2ccco2)n1-c1ccccc1Cl)c1cccc([N+](=O)[O-])c1. The molecule has 4 rings (SSSR count). The number of nitro benzene ring substituents is 1. The second kappa shape index (κ2) is 11.0. The van der Waals surface area contributed by atoms with Crippen LogP contribution in [0.25, 0.3) is 17.3 Å². The highest BCUT2D eigenvalue weighted by Gasteiger charge is 2.21. The van der Waals surface area contributed by atoms with E-state index in [1.807, 2.05) is 12.1 Å². The van der Waals surface area contributed by atoms with Crippen LogP contribution in [0.2, 0.25) is 5.02 Å². The van der Waals surface area contributed by atoms with Crippen LogP contribution in [0.1, 0.15) is 10.4 Å². The van der Waals surface area contributed by atoms with Crippen molar-refractivity contribution in [2.24, 2.45) is 0 Å². The third kappa shape index (κ3) is 5.25. The second-order valence-corrected chi connectivity index (χ2v) is 7.44. The molecule has 0 aliphatic rings. The lowest BCUT2D eigenvalue weighted by Gasteiger charge is -2.10. The Morgan fingerprint density at radius 3 is 2.59 bits per heavy atom. The predicted molar refractivity (Wildman–Crippen MR) is 126 cm³/mol. The number of thioether (sulfide) groups is 1. The molecule has 0 unspecified atom stereocenters. The third-order valence-corrected chi connectivity index (χ3v) is 5.43. The second-order valence-electron chi connectivity index (χ2n) is 6.09. The number of Topliss-reactive ketones (excluding diaryl/α,β-unsaturated/α-hetero) is 1. The number of carbonyl (C=O) groups excluding carboxylic acids is 1. The lowest BCUT2D eigenvalue weighted by atomic mass is 10.1. The Balaban J connectivity index is 0.00000181. The van der Waals surface area contributed by atoms with Gasteiger partial charge >= 0.3 is 0 Å². The number of aromatic nitrogens is 3. The normalized spacial score (nSPS) is 10.2. The number of nitrogens with zero attached hydrogens (tertiary/aromatic N) is 4. The van der Waals surface area contributed by atoms with Gasteiger partial charge in [0.1, 0.15) is 0 Å². The van der Waals surface area contributed by atoms with Gasteiger partial charge in [0, 0.05) is 17.7 Å². The first-order valence-electron chi connectivity index (χ1n) is 8.69. The maximum Gasteiger partial charge on any atom is 0.270 e. The van der Waals surface area contributed by atoms with E-state index in [-0.39, 0.29) is 45.2 Å². The van der Waals surface area contributed by atoms with Gasteiger partial charge < -0.3 is 9.89 Å². The van der Waals surface area contributed by atoms with Crippen LogP contribution in [0.15, 0.2) is 76.5 Å². The lowest BCUT2D eigenvalue weighted by Crippen LogP contribution is -2.05. The van der Waals surface area contributed by atoms with Crippen LogP contribution in [-0.4, -0.2) is 36.7 Å². The molecule has 2 N–H and O–H groups in total. The molecule has 12 heteroatoms. The summed E-state index contributed by atoms with van der Waals surface area (Å²) in [5.74, 6) is 0.691. The van der Waals surface area contributed by atoms with Gasteiger partial charge in [-0.05, 0) is 24.3 Å². The van der Waals surface area contributed by atoms with E-state index in [0.29, 0.717) is 27.5 Å².